The fourth-order valence-electron chi connectivity index (χ4n) is 4.37. The molecule has 2 saturated heterocycles. The molecule has 1 unspecified atom stereocenters. The molecule has 0 radical (unpaired) electrons. The van der Waals surface area contributed by atoms with Crippen molar-refractivity contribution in [3.05, 3.63) is 35.9 Å². The first-order chi connectivity index (χ1) is 14.6. The lowest BCUT2D eigenvalue weighted by molar-refractivity contribution is -0.132. The Kier molecular flexibility index (Phi) is 6.24. The van der Waals surface area contributed by atoms with E-state index in [0.717, 1.165) is 38.2 Å². The Hall–Kier alpha value is -2.59. The molecule has 1 amide bonds. The normalized spacial score (nSPS) is 22.0. The molecule has 30 heavy (non-hydrogen) atoms. The standard InChI is InChI=1S/C20H27FN6O3/c1-29-13-12-27-19(22-23-24-27)20(26-9-2-3-10-26)8-11-25(15-20)18(28)14-30-17-6-4-16(21)5-7-17/h4-7H,2-3,8-15H2,1H3. The third-order valence-electron chi connectivity index (χ3n) is 5.94. The molecular formula is C20H27FN6O3. The zero-order valence-electron chi connectivity index (χ0n) is 17.2. The second-order valence-corrected chi connectivity index (χ2v) is 7.75. The number of nitrogens with zero attached hydrogens (tertiary/aromatic N) is 6. The maximum atomic E-state index is 13.0. The van der Waals surface area contributed by atoms with E-state index >= 15 is 0 Å². The first-order valence-corrected chi connectivity index (χ1v) is 10.3. The van der Waals surface area contributed by atoms with E-state index in [9.17, 15) is 9.18 Å². The van der Waals surface area contributed by atoms with Crippen molar-refractivity contribution in [1.29, 1.82) is 0 Å². The summed E-state index contributed by atoms with van der Waals surface area (Å²) in [6.45, 7) is 4.05. The van der Waals surface area contributed by atoms with Gasteiger partial charge in [-0.15, -0.1) is 5.10 Å². The van der Waals surface area contributed by atoms with Crippen LogP contribution in [0.25, 0.3) is 0 Å². The lowest BCUT2D eigenvalue weighted by atomic mass is 9.95. The number of carbonyl (C=O) groups is 1. The molecule has 0 N–H and O–H groups in total. The minimum Gasteiger partial charge on any atom is -0.484 e. The van der Waals surface area contributed by atoms with Crippen LogP contribution in [-0.2, 0) is 21.6 Å². The van der Waals surface area contributed by atoms with Gasteiger partial charge in [0.15, 0.2) is 12.4 Å². The molecule has 10 heteroatoms. The summed E-state index contributed by atoms with van der Waals surface area (Å²) in [6.07, 6.45) is 3.02. The lowest BCUT2D eigenvalue weighted by Crippen LogP contribution is -2.49. The molecule has 1 aromatic heterocycles. The number of amides is 1. The average molecular weight is 418 g/mol. The monoisotopic (exact) mass is 418 g/mol. The van der Waals surface area contributed by atoms with Gasteiger partial charge in [-0.05, 0) is 67.0 Å². The first kappa shape index (κ1) is 20.7. The summed E-state index contributed by atoms with van der Waals surface area (Å²) >= 11 is 0. The van der Waals surface area contributed by atoms with Crippen molar-refractivity contribution >= 4 is 5.91 Å². The molecule has 0 aliphatic carbocycles. The van der Waals surface area contributed by atoms with E-state index in [-0.39, 0.29) is 18.3 Å². The van der Waals surface area contributed by atoms with Gasteiger partial charge in [-0.25, -0.2) is 9.07 Å². The number of tetrazole rings is 1. The third-order valence-corrected chi connectivity index (χ3v) is 5.94. The van der Waals surface area contributed by atoms with Crippen LogP contribution in [0.3, 0.4) is 0 Å². The Morgan fingerprint density at radius 3 is 2.70 bits per heavy atom. The van der Waals surface area contributed by atoms with Crippen LogP contribution >= 0.6 is 0 Å². The summed E-state index contributed by atoms with van der Waals surface area (Å²) < 4.78 is 25.6. The predicted molar refractivity (Wildman–Crippen MR) is 105 cm³/mol. The lowest BCUT2D eigenvalue weighted by Gasteiger charge is -2.37. The van der Waals surface area contributed by atoms with Crippen LogP contribution in [0.4, 0.5) is 4.39 Å². The summed E-state index contributed by atoms with van der Waals surface area (Å²) in [5.41, 5.74) is -0.403. The van der Waals surface area contributed by atoms with Crippen molar-refractivity contribution in [1.82, 2.24) is 30.0 Å². The molecule has 9 nitrogen and oxygen atoms in total. The third kappa shape index (κ3) is 4.15. The second-order valence-electron chi connectivity index (χ2n) is 7.75. The molecule has 1 aromatic carbocycles. The number of benzene rings is 1. The van der Waals surface area contributed by atoms with E-state index < -0.39 is 5.54 Å². The van der Waals surface area contributed by atoms with Gasteiger partial charge in [-0.2, -0.15) is 0 Å². The van der Waals surface area contributed by atoms with Crippen LogP contribution in [0.15, 0.2) is 24.3 Å². The largest absolute Gasteiger partial charge is 0.484 e. The van der Waals surface area contributed by atoms with Crippen LogP contribution < -0.4 is 4.74 Å². The highest BCUT2D eigenvalue weighted by Gasteiger charge is 2.50. The highest BCUT2D eigenvalue weighted by Crippen LogP contribution is 2.39. The maximum Gasteiger partial charge on any atom is 0.260 e. The Labute approximate surface area is 174 Å². The number of hydrogen-bond acceptors (Lipinski definition) is 7. The number of carbonyl (C=O) groups excluding carboxylic acids is 1. The van der Waals surface area contributed by atoms with Crippen LogP contribution in [0, 0.1) is 5.82 Å². The molecule has 4 rings (SSSR count). The molecule has 2 fully saturated rings. The number of methoxy groups -OCH3 is 1. The summed E-state index contributed by atoms with van der Waals surface area (Å²) in [4.78, 5) is 17.1. The second kappa shape index (κ2) is 9.05. The highest BCUT2D eigenvalue weighted by atomic mass is 19.1. The van der Waals surface area contributed by atoms with E-state index in [1.807, 2.05) is 4.90 Å². The first-order valence-electron chi connectivity index (χ1n) is 10.3. The fourth-order valence-corrected chi connectivity index (χ4v) is 4.37. The van der Waals surface area contributed by atoms with Crippen molar-refractivity contribution in [2.45, 2.75) is 31.3 Å². The van der Waals surface area contributed by atoms with E-state index in [2.05, 4.69) is 20.4 Å². The fraction of sp³-hybridized carbons (Fsp3) is 0.600. The molecular weight excluding hydrogens is 391 g/mol. The minimum absolute atomic E-state index is 0.0870. The van der Waals surface area contributed by atoms with Gasteiger partial charge in [0, 0.05) is 20.2 Å². The number of likely N-dealkylation sites (tertiary alicyclic amines) is 2. The van der Waals surface area contributed by atoms with Gasteiger partial charge in [0.1, 0.15) is 17.1 Å². The maximum absolute atomic E-state index is 13.0. The van der Waals surface area contributed by atoms with Crippen molar-refractivity contribution in [2.24, 2.45) is 0 Å². The van der Waals surface area contributed by atoms with Gasteiger partial charge in [0.25, 0.3) is 5.91 Å². The van der Waals surface area contributed by atoms with Crippen LogP contribution in [-0.4, -0.2) is 82.4 Å². The summed E-state index contributed by atoms with van der Waals surface area (Å²) in [7, 11) is 1.65. The Morgan fingerprint density at radius 1 is 1.20 bits per heavy atom. The topological polar surface area (TPSA) is 85.6 Å². The molecule has 2 aromatic rings. The molecule has 1 atom stereocenters. The number of hydrogen-bond donors (Lipinski definition) is 0. The molecule has 0 spiro atoms. The Bertz CT molecular complexity index is 854. The van der Waals surface area contributed by atoms with Gasteiger partial charge in [-0.3, -0.25) is 9.69 Å². The summed E-state index contributed by atoms with van der Waals surface area (Å²) in [6, 6.07) is 5.66. The van der Waals surface area contributed by atoms with E-state index in [1.165, 1.54) is 24.3 Å². The predicted octanol–water partition coefficient (Wildman–Crippen LogP) is 1.06. The SMILES string of the molecule is COCCn1nnnc1C1(N2CCCC2)CCN(C(=O)COc2ccc(F)cc2)C1. The van der Waals surface area contributed by atoms with E-state index in [1.54, 1.807) is 11.8 Å². The zero-order chi connectivity index (χ0) is 21.0. The highest BCUT2D eigenvalue weighted by molar-refractivity contribution is 5.78. The number of ether oxygens (including phenoxy) is 2. The zero-order valence-corrected chi connectivity index (χ0v) is 17.2. The van der Waals surface area contributed by atoms with Gasteiger partial charge >= 0.3 is 0 Å². The van der Waals surface area contributed by atoms with Crippen molar-refractivity contribution in [3.63, 3.8) is 0 Å². The summed E-state index contributed by atoms with van der Waals surface area (Å²) in [5, 5.41) is 12.4. The van der Waals surface area contributed by atoms with Crippen LogP contribution in [0.1, 0.15) is 25.1 Å². The van der Waals surface area contributed by atoms with Crippen LogP contribution in [0.5, 0.6) is 5.75 Å². The van der Waals surface area contributed by atoms with Crippen molar-refractivity contribution in [3.8, 4) is 5.75 Å². The van der Waals surface area contributed by atoms with Gasteiger partial charge in [0.2, 0.25) is 0 Å². The molecule has 0 saturated carbocycles. The van der Waals surface area contributed by atoms with Crippen molar-refractivity contribution in [2.75, 3.05) is 46.5 Å². The molecule has 2 aliphatic rings. The Balaban J connectivity index is 1.48. The van der Waals surface area contributed by atoms with Gasteiger partial charge in [0.05, 0.1) is 13.2 Å². The minimum atomic E-state index is -0.403. The Morgan fingerprint density at radius 2 is 1.97 bits per heavy atom. The number of rotatable bonds is 8. The smallest absolute Gasteiger partial charge is 0.260 e. The number of aromatic nitrogens is 4. The quantitative estimate of drug-likeness (QED) is 0.634. The van der Waals surface area contributed by atoms with Crippen molar-refractivity contribution < 1.29 is 18.7 Å². The molecule has 3 heterocycles. The molecule has 0 bridgehead atoms. The van der Waals surface area contributed by atoms with Gasteiger partial charge < -0.3 is 14.4 Å². The van der Waals surface area contributed by atoms with E-state index in [0.29, 0.717) is 32.0 Å². The summed E-state index contributed by atoms with van der Waals surface area (Å²) in [5.74, 6) is 0.820. The van der Waals surface area contributed by atoms with Crippen LogP contribution in [0.2, 0.25) is 0 Å². The van der Waals surface area contributed by atoms with E-state index in [4.69, 9.17) is 9.47 Å². The molecule has 2 aliphatic heterocycles. The van der Waals surface area contributed by atoms with Gasteiger partial charge in [-0.1, -0.05) is 0 Å². The molecule has 162 valence electrons. The average Bonchev–Trinajstić information content (AvgIpc) is 3.52. The number of halogens is 1.